The Balaban J connectivity index is 1.17. The fourth-order valence-electron chi connectivity index (χ4n) is 6.42. The molecule has 5 fully saturated rings. The SMILES string of the molecule is O=C(CC12CC3CC(CC(Br)(C3)C1)C2)NCc1ccc(S(=O)(=O)NC2CC2)cc1. The van der Waals surface area contributed by atoms with Crippen molar-refractivity contribution in [2.75, 3.05) is 0 Å². The van der Waals surface area contributed by atoms with E-state index in [1.54, 1.807) is 24.3 Å². The lowest BCUT2D eigenvalue weighted by Crippen LogP contribution is -2.54. The average molecular weight is 481 g/mol. The molecule has 5 saturated carbocycles. The van der Waals surface area contributed by atoms with E-state index in [9.17, 15) is 13.2 Å². The van der Waals surface area contributed by atoms with Crippen molar-refractivity contribution in [1.29, 1.82) is 0 Å². The number of benzene rings is 1. The summed E-state index contributed by atoms with van der Waals surface area (Å²) in [5, 5.41) is 3.07. The molecule has 2 atom stereocenters. The Kier molecular flexibility index (Phi) is 4.87. The van der Waals surface area contributed by atoms with Crippen LogP contribution >= 0.6 is 15.9 Å². The summed E-state index contributed by atoms with van der Waals surface area (Å²) in [7, 11) is -3.42. The standard InChI is InChI=1S/C22H29BrN2O3S/c23-22-10-16-7-17(11-22)9-21(8-16,14-22)12-20(26)24-13-15-1-5-19(6-2-15)29(27,28)25-18-3-4-18/h1-2,5-6,16-18,25H,3-4,7-14H2,(H,24,26). The van der Waals surface area contributed by atoms with Crippen LogP contribution < -0.4 is 10.0 Å². The maximum atomic E-state index is 12.7. The van der Waals surface area contributed by atoms with Gasteiger partial charge in [0.25, 0.3) is 0 Å². The van der Waals surface area contributed by atoms with Crippen molar-refractivity contribution in [2.45, 2.75) is 79.6 Å². The molecule has 0 heterocycles. The van der Waals surface area contributed by atoms with Crippen LogP contribution in [0.4, 0.5) is 0 Å². The van der Waals surface area contributed by atoms with Crippen molar-refractivity contribution >= 4 is 31.9 Å². The van der Waals surface area contributed by atoms with Gasteiger partial charge in [0, 0.05) is 23.3 Å². The molecule has 0 aromatic heterocycles. The topological polar surface area (TPSA) is 75.3 Å². The number of rotatable bonds is 7. The smallest absolute Gasteiger partial charge is 0.240 e. The van der Waals surface area contributed by atoms with Gasteiger partial charge in [-0.05, 0) is 86.3 Å². The number of alkyl halides is 1. The second-order valence-corrected chi connectivity index (χ2v) is 13.5. The second-order valence-electron chi connectivity index (χ2n) is 10.1. The molecule has 1 aromatic carbocycles. The van der Waals surface area contributed by atoms with Crippen LogP contribution in [0.25, 0.3) is 0 Å². The van der Waals surface area contributed by atoms with Crippen LogP contribution in [-0.2, 0) is 21.4 Å². The number of nitrogens with one attached hydrogen (secondary N) is 2. The number of halogens is 1. The Bertz CT molecular complexity index is 896. The number of carbonyl (C=O) groups excluding carboxylic acids is 1. The van der Waals surface area contributed by atoms with E-state index in [4.69, 9.17) is 0 Å². The fraction of sp³-hybridized carbons (Fsp3) is 0.682. The van der Waals surface area contributed by atoms with Crippen LogP contribution in [0.3, 0.4) is 0 Å². The zero-order valence-corrected chi connectivity index (χ0v) is 19.0. The first-order chi connectivity index (χ1) is 13.7. The highest BCUT2D eigenvalue weighted by atomic mass is 79.9. The van der Waals surface area contributed by atoms with Crippen LogP contribution in [0, 0.1) is 17.3 Å². The van der Waals surface area contributed by atoms with Crippen molar-refractivity contribution in [3.8, 4) is 0 Å². The maximum Gasteiger partial charge on any atom is 0.240 e. The quantitative estimate of drug-likeness (QED) is 0.581. The van der Waals surface area contributed by atoms with Gasteiger partial charge in [-0.2, -0.15) is 0 Å². The Morgan fingerprint density at radius 3 is 2.31 bits per heavy atom. The van der Waals surface area contributed by atoms with E-state index in [2.05, 4.69) is 26.0 Å². The molecule has 0 spiro atoms. The highest BCUT2D eigenvalue weighted by Crippen LogP contribution is 2.65. The first-order valence-electron chi connectivity index (χ1n) is 10.8. The van der Waals surface area contributed by atoms with E-state index in [0.717, 1.165) is 36.7 Å². The molecule has 4 bridgehead atoms. The molecule has 5 aliphatic rings. The second kappa shape index (κ2) is 7.06. The normalized spacial score (nSPS) is 35.6. The van der Waals surface area contributed by atoms with Gasteiger partial charge < -0.3 is 5.32 Å². The van der Waals surface area contributed by atoms with Crippen molar-refractivity contribution in [3.63, 3.8) is 0 Å². The molecule has 2 unspecified atom stereocenters. The van der Waals surface area contributed by atoms with E-state index >= 15 is 0 Å². The Morgan fingerprint density at radius 2 is 1.72 bits per heavy atom. The third kappa shape index (κ3) is 4.28. The lowest BCUT2D eigenvalue weighted by atomic mass is 9.48. The molecule has 0 radical (unpaired) electrons. The molecule has 5 nitrogen and oxygen atoms in total. The summed E-state index contributed by atoms with van der Waals surface area (Å²) in [5.74, 6) is 1.68. The average Bonchev–Trinajstić information content (AvgIpc) is 3.41. The van der Waals surface area contributed by atoms with Gasteiger partial charge in [-0.1, -0.05) is 28.1 Å². The lowest BCUT2D eigenvalue weighted by molar-refractivity contribution is -0.128. The summed E-state index contributed by atoms with van der Waals surface area (Å²) >= 11 is 4.01. The molecular weight excluding hydrogens is 452 g/mol. The summed E-state index contributed by atoms with van der Waals surface area (Å²) in [6, 6.07) is 6.93. The minimum Gasteiger partial charge on any atom is -0.352 e. The Morgan fingerprint density at radius 1 is 1.07 bits per heavy atom. The van der Waals surface area contributed by atoms with Crippen molar-refractivity contribution in [1.82, 2.24) is 10.0 Å². The number of carbonyl (C=O) groups is 1. The van der Waals surface area contributed by atoms with Gasteiger partial charge in [0.2, 0.25) is 15.9 Å². The van der Waals surface area contributed by atoms with Crippen LogP contribution in [0.15, 0.2) is 29.2 Å². The van der Waals surface area contributed by atoms with E-state index in [1.807, 2.05) is 0 Å². The molecule has 5 aliphatic carbocycles. The monoisotopic (exact) mass is 480 g/mol. The fourth-order valence-corrected chi connectivity index (χ4v) is 9.24. The summed E-state index contributed by atoms with van der Waals surface area (Å²) in [4.78, 5) is 13.0. The van der Waals surface area contributed by atoms with Gasteiger partial charge in [0.05, 0.1) is 4.90 Å². The van der Waals surface area contributed by atoms with Crippen molar-refractivity contribution in [3.05, 3.63) is 29.8 Å². The van der Waals surface area contributed by atoms with Gasteiger partial charge in [0.1, 0.15) is 0 Å². The van der Waals surface area contributed by atoms with Crippen LogP contribution in [0.2, 0.25) is 0 Å². The van der Waals surface area contributed by atoms with Crippen LogP contribution in [0.5, 0.6) is 0 Å². The molecule has 7 heteroatoms. The molecule has 1 amide bonds. The highest BCUT2D eigenvalue weighted by Gasteiger charge is 2.57. The number of hydrogen-bond acceptors (Lipinski definition) is 3. The maximum absolute atomic E-state index is 12.7. The third-order valence-corrected chi connectivity index (χ3v) is 9.73. The summed E-state index contributed by atoms with van der Waals surface area (Å²) in [6.45, 7) is 0.442. The molecule has 158 valence electrons. The van der Waals surface area contributed by atoms with Gasteiger partial charge in [-0.3, -0.25) is 4.79 Å². The van der Waals surface area contributed by atoms with Gasteiger partial charge in [-0.25, -0.2) is 13.1 Å². The van der Waals surface area contributed by atoms with E-state index in [0.29, 0.717) is 13.0 Å². The molecule has 1 aromatic rings. The minimum atomic E-state index is -3.42. The Labute approximate surface area is 181 Å². The molecular formula is C22H29BrN2O3S. The third-order valence-electron chi connectivity index (χ3n) is 7.27. The largest absolute Gasteiger partial charge is 0.352 e. The van der Waals surface area contributed by atoms with Gasteiger partial charge in [0.15, 0.2) is 0 Å². The number of sulfonamides is 1. The van der Waals surface area contributed by atoms with E-state index < -0.39 is 10.0 Å². The minimum absolute atomic E-state index is 0.0993. The molecule has 0 aliphatic heterocycles. The molecule has 2 N–H and O–H groups in total. The van der Waals surface area contributed by atoms with Crippen LogP contribution in [-0.4, -0.2) is 24.7 Å². The van der Waals surface area contributed by atoms with Gasteiger partial charge >= 0.3 is 0 Å². The van der Waals surface area contributed by atoms with E-state index in [1.165, 1.54) is 32.1 Å². The van der Waals surface area contributed by atoms with Crippen molar-refractivity contribution in [2.24, 2.45) is 17.3 Å². The lowest BCUT2D eigenvalue weighted by Gasteiger charge is -2.60. The van der Waals surface area contributed by atoms with Crippen molar-refractivity contribution < 1.29 is 13.2 Å². The summed E-state index contributed by atoms with van der Waals surface area (Å²) < 4.78 is 27.5. The predicted molar refractivity (Wildman–Crippen MR) is 115 cm³/mol. The zero-order chi connectivity index (χ0) is 20.3. The number of amides is 1. The first kappa shape index (κ1) is 20.0. The molecule has 6 rings (SSSR count). The van der Waals surface area contributed by atoms with E-state index in [-0.39, 0.29) is 26.6 Å². The van der Waals surface area contributed by atoms with Crippen LogP contribution in [0.1, 0.15) is 63.4 Å². The summed E-state index contributed by atoms with van der Waals surface area (Å²) in [5.41, 5.74) is 1.09. The number of hydrogen-bond donors (Lipinski definition) is 2. The predicted octanol–water partition coefficient (Wildman–Crippen LogP) is 3.87. The van der Waals surface area contributed by atoms with Gasteiger partial charge in [-0.15, -0.1) is 0 Å². The Hall–Kier alpha value is -0.920. The first-order valence-corrected chi connectivity index (χ1v) is 13.1. The molecule has 29 heavy (non-hydrogen) atoms. The molecule has 0 saturated heterocycles. The zero-order valence-electron chi connectivity index (χ0n) is 16.6. The summed E-state index contributed by atoms with van der Waals surface area (Å²) in [6.07, 6.45) is 9.88. The highest BCUT2D eigenvalue weighted by molar-refractivity contribution is 9.10.